The summed E-state index contributed by atoms with van der Waals surface area (Å²) in [5.74, 6) is -0.236. The number of amides is 1. The Hall–Kier alpha value is -2.73. The molecular formula is C20H25N3O3. The van der Waals surface area contributed by atoms with E-state index >= 15 is 0 Å². The summed E-state index contributed by atoms with van der Waals surface area (Å²) in [7, 11) is 0. The predicted octanol–water partition coefficient (Wildman–Crippen LogP) is 3.68. The summed E-state index contributed by atoms with van der Waals surface area (Å²) in [6.07, 6.45) is 0. The molecule has 0 aromatic heterocycles. The number of nitrogens with one attached hydrogen (secondary N) is 1. The zero-order valence-corrected chi connectivity index (χ0v) is 15.5. The second-order valence-electron chi connectivity index (χ2n) is 6.17. The minimum atomic E-state index is -0.444. The number of carbonyl (C=O) groups excluding carboxylic acids is 1. The van der Waals surface area contributed by atoms with Crippen LogP contribution >= 0.6 is 0 Å². The molecule has 0 fully saturated rings. The van der Waals surface area contributed by atoms with E-state index in [1.165, 1.54) is 17.7 Å². The number of hydrogen-bond acceptors (Lipinski definition) is 4. The number of hydrogen-bond donors (Lipinski definition) is 1. The monoisotopic (exact) mass is 355 g/mol. The average Bonchev–Trinajstić information content (AvgIpc) is 2.64. The molecule has 26 heavy (non-hydrogen) atoms. The van der Waals surface area contributed by atoms with E-state index in [0.717, 1.165) is 25.2 Å². The molecular weight excluding hydrogens is 330 g/mol. The lowest BCUT2D eigenvalue weighted by Crippen LogP contribution is -2.26. The third kappa shape index (κ3) is 4.89. The third-order valence-corrected chi connectivity index (χ3v) is 4.50. The highest BCUT2D eigenvalue weighted by Gasteiger charge is 2.14. The molecule has 0 unspecified atom stereocenters. The predicted molar refractivity (Wildman–Crippen MR) is 102 cm³/mol. The molecule has 0 aliphatic rings. The maximum Gasteiger partial charge on any atom is 0.272 e. The first kappa shape index (κ1) is 19.6. The van der Waals surface area contributed by atoms with Gasteiger partial charge in [-0.15, -0.1) is 0 Å². The van der Waals surface area contributed by atoms with Crippen LogP contribution < -0.4 is 5.32 Å². The fraction of sp³-hybridized carbons (Fsp3) is 0.350. The van der Waals surface area contributed by atoms with Gasteiger partial charge in [-0.1, -0.05) is 38.1 Å². The van der Waals surface area contributed by atoms with E-state index in [9.17, 15) is 14.9 Å². The van der Waals surface area contributed by atoms with Crippen molar-refractivity contribution in [3.63, 3.8) is 0 Å². The summed E-state index contributed by atoms with van der Waals surface area (Å²) < 4.78 is 0. The molecule has 1 N–H and O–H groups in total. The Morgan fingerprint density at radius 1 is 1.12 bits per heavy atom. The maximum absolute atomic E-state index is 12.4. The normalized spacial score (nSPS) is 10.8. The van der Waals surface area contributed by atoms with Crippen LogP contribution in [0.4, 0.5) is 5.69 Å². The van der Waals surface area contributed by atoms with Crippen molar-refractivity contribution < 1.29 is 9.72 Å². The smallest absolute Gasteiger partial charge is 0.272 e. The molecule has 2 rings (SSSR count). The number of nitro groups is 1. The molecule has 2 aromatic carbocycles. The molecule has 0 bridgehead atoms. The molecule has 6 heteroatoms. The van der Waals surface area contributed by atoms with Gasteiger partial charge < -0.3 is 5.32 Å². The van der Waals surface area contributed by atoms with Crippen molar-refractivity contribution in [3.8, 4) is 0 Å². The molecule has 0 radical (unpaired) electrons. The molecule has 0 saturated carbocycles. The molecule has 138 valence electrons. The van der Waals surface area contributed by atoms with Crippen molar-refractivity contribution in [2.24, 2.45) is 0 Å². The SMILES string of the molecule is CCN(CC)Cc1ccccc1CNC(=O)c1ccc([N+](=O)[O-])c(C)c1. The van der Waals surface area contributed by atoms with E-state index in [2.05, 4.69) is 30.1 Å². The van der Waals surface area contributed by atoms with Crippen LogP contribution in [0, 0.1) is 17.0 Å². The molecule has 0 aliphatic heterocycles. The topological polar surface area (TPSA) is 75.5 Å². The average molecular weight is 355 g/mol. The summed E-state index contributed by atoms with van der Waals surface area (Å²) in [6, 6.07) is 12.5. The van der Waals surface area contributed by atoms with E-state index < -0.39 is 4.92 Å². The van der Waals surface area contributed by atoms with Crippen molar-refractivity contribution in [2.45, 2.75) is 33.9 Å². The van der Waals surface area contributed by atoms with Crippen LogP contribution in [0.15, 0.2) is 42.5 Å². The van der Waals surface area contributed by atoms with Crippen molar-refractivity contribution >= 4 is 11.6 Å². The Labute approximate surface area is 154 Å². The molecule has 1 amide bonds. The van der Waals surface area contributed by atoms with Gasteiger partial charge in [0.2, 0.25) is 0 Å². The zero-order valence-electron chi connectivity index (χ0n) is 15.5. The van der Waals surface area contributed by atoms with Gasteiger partial charge in [-0.05, 0) is 43.3 Å². The minimum Gasteiger partial charge on any atom is -0.348 e. The number of carbonyl (C=O) groups is 1. The highest BCUT2D eigenvalue weighted by molar-refractivity contribution is 5.94. The first-order chi connectivity index (χ1) is 12.5. The maximum atomic E-state index is 12.4. The van der Waals surface area contributed by atoms with Gasteiger partial charge in [0.25, 0.3) is 11.6 Å². The Kier molecular flexibility index (Phi) is 6.86. The highest BCUT2D eigenvalue weighted by Crippen LogP contribution is 2.19. The molecule has 6 nitrogen and oxygen atoms in total. The van der Waals surface area contributed by atoms with Gasteiger partial charge in [-0.25, -0.2) is 0 Å². The Balaban J connectivity index is 2.08. The van der Waals surface area contributed by atoms with Gasteiger partial charge in [0.05, 0.1) is 4.92 Å². The highest BCUT2D eigenvalue weighted by atomic mass is 16.6. The first-order valence-corrected chi connectivity index (χ1v) is 8.78. The van der Waals surface area contributed by atoms with Crippen LogP contribution in [-0.2, 0) is 13.1 Å². The lowest BCUT2D eigenvalue weighted by molar-refractivity contribution is -0.385. The van der Waals surface area contributed by atoms with Crippen LogP contribution in [-0.4, -0.2) is 28.8 Å². The fourth-order valence-corrected chi connectivity index (χ4v) is 2.85. The molecule has 0 saturated heterocycles. The van der Waals surface area contributed by atoms with Crippen LogP contribution in [0.25, 0.3) is 0 Å². The van der Waals surface area contributed by atoms with Crippen molar-refractivity contribution in [1.82, 2.24) is 10.2 Å². The van der Waals surface area contributed by atoms with E-state index in [-0.39, 0.29) is 11.6 Å². The van der Waals surface area contributed by atoms with Gasteiger partial charge in [-0.2, -0.15) is 0 Å². The van der Waals surface area contributed by atoms with Gasteiger partial charge in [0, 0.05) is 30.3 Å². The molecule has 0 aliphatic carbocycles. The van der Waals surface area contributed by atoms with E-state index in [4.69, 9.17) is 0 Å². The van der Waals surface area contributed by atoms with Gasteiger partial charge >= 0.3 is 0 Å². The number of rotatable bonds is 8. The number of nitrogens with zero attached hydrogens (tertiary/aromatic N) is 2. The summed E-state index contributed by atoms with van der Waals surface area (Å²) >= 11 is 0. The lowest BCUT2D eigenvalue weighted by Gasteiger charge is -2.20. The largest absolute Gasteiger partial charge is 0.348 e. The quantitative estimate of drug-likeness (QED) is 0.579. The van der Waals surface area contributed by atoms with Crippen molar-refractivity contribution in [1.29, 1.82) is 0 Å². The van der Waals surface area contributed by atoms with Crippen LogP contribution in [0.5, 0.6) is 0 Å². The van der Waals surface area contributed by atoms with Crippen LogP contribution in [0.3, 0.4) is 0 Å². The number of nitro benzene ring substituents is 1. The zero-order chi connectivity index (χ0) is 19.1. The summed E-state index contributed by atoms with van der Waals surface area (Å²) in [4.78, 5) is 25.2. The summed E-state index contributed by atoms with van der Waals surface area (Å²) in [6.45, 7) is 9.10. The second kappa shape index (κ2) is 9.10. The van der Waals surface area contributed by atoms with Crippen LogP contribution in [0.2, 0.25) is 0 Å². The first-order valence-electron chi connectivity index (χ1n) is 8.78. The van der Waals surface area contributed by atoms with E-state index in [1.807, 2.05) is 18.2 Å². The molecule has 0 heterocycles. The van der Waals surface area contributed by atoms with Crippen LogP contribution in [0.1, 0.15) is 40.9 Å². The number of aryl methyl sites for hydroxylation is 1. The molecule has 0 spiro atoms. The Morgan fingerprint density at radius 2 is 1.77 bits per heavy atom. The summed E-state index contributed by atoms with van der Waals surface area (Å²) in [5.41, 5.74) is 3.19. The number of benzene rings is 2. The minimum absolute atomic E-state index is 0.0196. The van der Waals surface area contributed by atoms with Gasteiger partial charge in [-0.3, -0.25) is 19.8 Å². The molecule has 0 atom stereocenters. The van der Waals surface area contributed by atoms with E-state index in [0.29, 0.717) is 17.7 Å². The second-order valence-corrected chi connectivity index (χ2v) is 6.17. The van der Waals surface area contributed by atoms with Gasteiger partial charge in [0.1, 0.15) is 0 Å². The Morgan fingerprint density at radius 3 is 2.35 bits per heavy atom. The third-order valence-electron chi connectivity index (χ3n) is 4.50. The molecule has 2 aromatic rings. The summed E-state index contributed by atoms with van der Waals surface area (Å²) in [5, 5.41) is 13.8. The standard InChI is InChI=1S/C20H25N3O3/c1-4-22(5-2)14-18-9-7-6-8-17(18)13-21-20(24)16-10-11-19(23(25)26)15(3)12-16/h6-12H,4-5,13-14H2,1-3H3,(H,21,24). The van der Waals surface area contributed by atoms with Crippen molar-refractivity contribution in [2.75, 3.05) is 13.1 Å². The van der Waals surface area contributed by atoms with E-state index in [1.54, 1.807) is 13.0 Å². The lowest BCUT2D eigenvalue weighted by atomic mass is 10.1. The van der Waals surface area contributed by atoms with Crippen molar-refractivity contribution in [3.05, 3.63) is 74.8 Å². The fourth-order valence-electron chi connectivity index (χ4n) is 2.85. The Bertz CT molecular complexity index is 786. The van der Waals surface area contributed by atoms with Gasteiger partial charge in [0.15, 0.2) is 0 Å².